The van der Waals surface area contributed by atoms with Crippen LogP contribution in [0.2, 0.25) is 0 Å². The number of carbonyl (C=O) groups excluding carboxylic acids is 1. The maximum atomic E-state index is 12.9. The standard InChI is InChI=1S/C20H20N4O2/c25-18-10-6-16(7-11-18)19-14-21-24(22-19)20(26)23(17-8-9-17)13-12-15-4-2-1-3-5-15/h1-7,10-11,14,17,25H,8-9,12-13H2. The zero-order valence-corrected chi connectivity index (χ0v) is 14.3. The van der Waals surface area contributed by atoms with Gasteiger partial charge in [-0.3, -0.25) is 0 Å². The van der Waals surface area contributed by atoms with Gasteiger partial charge < -0.3 is 10.0 Å². The first-order valence-electron chi connectivity index (χ1n) is 8.77. The zero-order valence-electron chi connectivity index (χ0n) is 14.3. The van der Waals surface area contributed by atoms with Crippen molar-refractivity contribution >= 4 is 6.03 Å². The molecular weight excluding hydrogens is 328 g/mol. The van der Waals surface area contributed by atoms with E-state index < -0.39 is 0 Å². The van der Waals surface area contributed by atoms with E-state index in [1.165, 1.54) is 10.4 Å². The van der Waals surface area contributed by atoms with Crippen molar-refractivity contribution in [1.29, 1.82) is 0 Å². The molecule has 1 fully saturated rings. The van der Waals surface area contributed by atoms with Crippen molar-refractivity contribution in [1.82, 2.24) is 19.9 Å². The number of hydrogen-bond donors (Lipinski definition) is 1. The topological polar surface area (TPSA) is 71.2 Å². The van der Waals surface area contributed by atoms with Crippen molar-refractivity contribution in [2.24, 2.45) is 0 Å². The monoisotopic (exact) mass is 348 g/mol. The highest BCUT2D eigenvalue weighted by atomic mass is 16.3. The van der Waals surface area contributed by atoms with E-state index in [-0.39, 0.29) is 17.8 Å². The number of nitrogens with zero attached hydrogens (tertiary/aromatic N) is 4. The number of rotatable bonds is 5. The zero-order chi connectivity index (χ0) is 17.9. The van der Waals surface area contributed by atoms with E-state index in [2.05, 4.69) is 22.3 Å². The summed E-state index contributed by atoms with van der Waals surface area (Å²) in [6.07, 6.45) is 4.46. The largest absolute Gasteiger partial charge is 0.508 e. The Morgan fingerprint density at radius 3 is 2.54 bits per heavy atom. The summed E-state index contributed by atoms with van der Waals surface area (Å²) in [4.78, 5) is 15.9. The lowest BCUT2D eigenvalue weighted by atomic mass is 10.1. The van der Waals surface area contributed by atoms with E-state index in [1.807, 2.05) is 23.1 Å². The highest BCUT2D eigenvalue weighted by Gasteiger charge is 2.33. The predicted octanol–water partition coefficient (Wildman–Crippen LogP) is 3.33. The number of hydrogen-bond acceptors (Lipinski definition) is 4. The fourth-order valence-electron chi connectivity index (χ4n) is 2.95. The molecule has 6 nitrogen and oxygen atoms in total. The van der Waals surface area contributed by atoms with Crippen molar-refractivity contribution in [3.05, 3.63) is 66.4 Å². The van der Waals surface area contributed by atoms with Gasteiger partial charge in [-0.15, -0.1) is 5.10 Å². The van der Waals surface area contributed by atoms with Crippen LogP contribution in [0.4, 0.5) is 4.79 Å². The summed E-state index contributed by atoms with van der Waals surface area (Å²) < 4.78 is 0. The Hall–Kier alpha value is -3.15. The normalized spacial score (nSPS) is 13.5. The average Bonchev–Trinajstić information content (AvgIpc) is 3.38. The van der Waals surface area contributed by atoms with Crippen LogP contribution in [0, 0.1) is 0 Å². The molecule has 132 valence electrons. The Morgan fingerprint density at radius 2 is 1.85 bits per heavy atom. The molecule has 2 aromatic carbocycles. The average molecular weight is 348 g/mol. The molecule has 1 heterocycles. The van der Waals surface area contributed by atoms with Crippen molar-refractivity contribution in [3.8, 4) is 17.0 Å². The lowest BCUT2D eigenvalue weighted by molar-refractivity contribution is 0.190. The second-order valence-corrected chi connectivity index (χ2v) is 6.51. The van der Waals surface area contributed by atoms with E-state index in [0.717, 1.165) is 24.8 Å². The third kappa shape index (κ3) is 3.59. The minimum atomic E-state index is -0.187. The highest BCUT2D eigenvalue weighted by molar-refractivity contribution is 5.76. The number of benzene rings is 2. The first kappa shape index (κ1) is 16.3. The third-order valence-electron chi connectivity index (χ3n) is 4.54. The minimum absolute atomic E-state index is 0.187. The molecule has 3 aromatic rings. The van der Waals surface area contributed by atoms with E-state index in [1.54, 1.807) is 30.5 Å². The molecule has 4 rings (SSSR count). The van der Waals surface area contributed by atoms with Crippen molar-refractivity contribution in [2.75, 3.05) is 6.54 Å². The molecule has 0 bridgehead atoms. The number of amides is 1. The molecule has 0 atom stereocenters. The molecule has 1 saturated carbocycles. The van der Waals surface area contributed by atoms with Crippen LogP contribution in [-0.4, -0.2) is 43.6 Å². The van der Waals surface area contributed by atoms with E-state index in [0.29, 0.717) is 12.2 Å². The molecule has 0 saturated heterocycles. The molecule has 1 aliphatic carbocycles. The van der Waals surface area contributed by atoms with Gasteiger partial charge in [-0.25, -0.2) is 4.79 Å². The second-order valence-electron chi connectivity index (χ2n) is 6.51. The molecule has 6 heteroatoms. The van der Waals surface area contributed by atoms with Gasteiger partial charge in [0.2, 0.25) is 0 Å². The SMILES string of the molecule is O=C(N(CCc1ccccc1)C1CC1)n1ncc(-c2ccc(O)cc2)n1. The Morgan fingerprint density at radius 1 is 1.12 bits per heavy atom. The summed E-state index contributed by atoms with van der Waals surface area (Å²) in [6, 6.07) is 16.9. The lowest BCUT2D eigenvalue weighted by Crippen LogP contribution is -2.39. The summed E-state index contributed by atoms with van der Waals surface area (Å²) in [5, 5.41) is 17.9. The van der Waals surface area contributed by atoms with Gasteiger partial charge in [-0.1, -0.05) is 35.1 Å². The van der Waals surface area contributed by atoms with E-state index >= 15 is 0 Å². The first-order chi connectivity index (χ1) is 12.7. The van der Waals surface area contributed by atoms with Crippen LogP contribution < -0.4 is 0 Å². The predicted molar refractivity (Wildman–Crippen MR) is 97.8 cm³/mol. The van der Waals surface area contributed by atoms with Gasteiger partial charge in [-0.2, -0.15) is 5.10 Å². The lowest BCUT2D eigenvalue weighted by Gasteiger charge is -2.21. The second kappa shape index (κ2) is 7.00. The number of aromatic nitrogens is 3. The van der Waals surface area contributed by atoms with Gasteiger partial charge in [0, 0.05) is 18.2 Å². The molecule has 1 aromatic heterocycles. The Kier molecular flexibility index (Phi) is 4.39. The van der Waals surface area contributed by atoms with Crippen molar-refractivity contribution in [3.63, 3.8) is 0 Å². The van der Waals surface area contributed by atoms with Gasteiger partial charge in [0.05, 0.1) is 6.20 Å². The van der Waals surface area contributed by atoms with Gasteiger partial charge in [-0.05, 0) is 49.1 Å². The molecule has 0 aliphatic heterocycles. The van der Waals surface area contributed by atoms with Gasteiger partial charge in [0.1, 0.15) is 11.4 Å². The fraction of sp³-hybridized carbons (Fsp3) is 0.250. The molecule has 26 heavy (non-hydrogen) atoms. The summed E-state index contributed by atoms with van der Waals surface area (Å²) in [5.74, 6) is 0.193. The van der Waals surface area contributed by atoms with E-state index in [9.17, 15) is 9.90 Å². The van der Waals surface area contributed by atoms with Gasteiger partial charge in [0.15, 0.2) is 0 Å². The smallest absolute Gasteiger partial charge is 0.362 e. The minimum Gasteiger partial charge on any atom is -0.508 e. The summed E-state index contributed by atoms with van der Waals surface area (Å²) in [6.45, 7) is 0.656. The number of aromatic hydroxyl groups is 1. The maximum absolute atomic E-state index is 12.9. The van der Waals surface area contributed by atoms with Crippen LogP contribution >= 0.6 is 0 Å². The Balaban J connectivity index is 1.48. The Bertz CT molecular complexity index is 886. The van der Waals surface area contributed by atoms with Crippen LogP contribution in [0.5, 0.6) is 5.75 Å². The van der Waals surface area contributed by atoms with Gasteiger partial charge >= 0.3 is 6.03 Å². The van der Waals surface area contributed by atoms with Crippen LogP contribution in [0.3, 0.4) is 0 Å². The number of phenols is 1. The Labute approximate surface area is 151 Å². The van der Waals surface area contributed by atoms with Crippen LogP contribution in [0.15, 0.2) is 60.8 Å². The first-order valence-corrected chi connectivity index (χ1v) is 8.77. The van der Waals surface area contributed by atoms with Crippen molar-refractivity contribution < 1.29 is 9.90 Å². The highest BCUT2D eigenvalue weighted by Crippen LogP contribution is 2.28. The molecule has 1 N–H and O–H groups in total. The van der Waals surface area contributed by atoms with Crippen molar-refractivity contribution in [2.45, 2.75) is 25.3 Å². The summed E-state index contributed by atoms with van der Waals surface area (Å²) in [7, 11) is 0. The number of carbonyl (C=O) groups is 1. The quantitative estimate of drug-likeness (QED) is 0.768. The molecule has 1 aliphatic rings. The van der Waals surface area contributed by atoms with Crippen LogP contribution in [0.1, 0.15) is 18.4 Å². The summed E-state index contributed by atoms with van der Waals surface area (Å²) >= 11 is 0. The third-order valence-corrected chi connectivity index (χ3v) is 4.54. The number of phenolic OH excluding ortho intramolecular Hbond substituents is 1. The van der Waals surface area contributed by atoms with Gasteiger partial charge in [0.25, 0.3) is 0 Å². The van der Waals surface area contributed by atoms with E-state index in [4.69, 9.17) is 0 Å². The maximum Gasteiger partial charge on any atom is 0.362 e. The van der Waals surface area contributed by atoms with Crippen LogP contribution in [0.25, 0.3) is 11.3 Å². The molecule has 1 amide bonds. The molecule has 0 radical (unpaired) electrons. The fourth-order valence-corrected chi connectivity index (χ4v) is 2.95. The molecule has 0 spiro atoms. The summed E-state index contributed by atoms with van der Waals surface area (Å²) in [5.41, 5.74) is 2.63. The molecular formula is C20H20N4O2. The molecule has 0 unspecified atom stereocenters. The van der Waals surface area contributed by atoms with Crippen LogP contribution in [-0.2, 0) is 6.42 Å².